The predicted octanol–water partition coefficient (Wildman–Crippen LogP) is 1.63. The zero-order valence-corrected chi connectivity index (χ0v) is 11.3. The van der Waals surface area contributed by atoms with E-state index in [1.54, 1.807) is 6.92 Å². The summed E-state index contributed by atoms with van der Waals surface area (Å²) in [5.41, 5.74) is -0.0948. The van der Waals surface area contributed by atoms with Crippen molar-refractivity contribution in [1.29, 1.82) is 0 Å². The van der Waals surface area contributed by atoms with Crippen LogP contribution in [0.5, 0.6) is 5.75 Å². The Balaban J connectivity index is 2.23. The Hall–Kier alpha value is -2.11. The molecule has 0 radical (unpaired) electrons. The van der Waals surface area contributed by atoms with E-state index in [0.717, 1.165) is 0 Å². The minimum Gasteiger partial charge on any atom is -0.494 e. The summed E-state index contributed by atoms with van der Waals surface area (Å²) in [6.45, 7) is 2.19. The first-order chi connectivity index (χ1) is 9.45. The topological polar surface area (TPSA) is 66.8 Å². The Morgan fingerprint density at radius 3 is 2.65 bits per heavy atom. The molecule has 0 saturated carbocycles. The number of amides is 1. The first kappa shape index (κ1) is 14.3. The number of aliphatic carboxylic acids is 1. The van der Waals surface area contributed by atoms with Crippen LogP contribution in [0.3, 0.4) is 0 Å². The number of rotatable bonds is 3. The lowest BCUT2D eigenvalue weighted by Gasteiger charge is -2.17. The number of benzene rings is 1. The van der Waals surface area contributed by atoms with E-state index in [1.807, 2.05) is 0 Å². The van der Waals surface area contributed by atoms with E-state index in [4.69, 9.17) is 9.84 Å². The van der Waals surface area contributed by atoms with E-state index in [-0.39, 0.29) is 23.8 Å². The van der Waals surface area contributed by atoms with Crippen LogP contribution in [0.15, 0.2) is 18.2 Å². The average molecular weight is 281 g/mol. The molecule has 1 aliphatic heterocycles. The van der Waals surface area contributed by atoms with E-state index >= 15 is 0 Å². The molecule has 1 N–H and O–H groups in total. The van der Waals surface area contributed by atoms with E-state index < -0.39 is 23.6 Å². The third kappa shape index (κ3) is 2.45. The number of likely N-dealkylation sites (tertiary alicyclic amines) is 1. The SMILES string of the molecule is COc1cccc(C(=O)N2C[C@@H](C)[C@H](C(=O)O)C2)c1F. The molecule has 108 valence electrons. The van der Waals surface area contributed by atoms with Gasteiger partial charge >= 0.3 is 5.97 Å². The molecule has 1 aromatic carbocycles. The summed E-state index contributed by atoms with van der Waals surface area (Å²) in [5.74, 6) is -2.90. The number of carbonyl (C=O) groups excluding carboxylic acids is 1. The number of hydrogen-bond donors (Lipinski definition) is 1. The quantitative estimate of drug-likeness (QED) is 0.914. The number of halogens is 1. The first-order valence-electron chi connectivity index (χ1n) is 6.30. The average Bonchev–Trinajstić information content (AvgIpc) is 2.80. The Morgan fingerprint density at radius 1 is 1.40 bits per heavy atom. The zero-order valence-electron chi connectivity index (χ0n) is 11.3. The Bertz CT molecular complexity index is 546. The summed E-state index contributed by atoms with van der Waals surface area (Å²) < 4.78 is 18.9. The number of ether oxygens (including phenoxy) is 1. The lowest BCUT2D eigenvalue weighted by molar-refractivity contribution is -0.142. The first-order valence-corrected chi connectivity index (χ1v) is 6.30. The molecular weight excluding hydrogens is 265 g/mol. The summed E-state index contributed by atoms with van der Waals surface area (Å²) in [6, 6.07) is 4.33. The van der Waals surface area contributed by atoms with Crippen LogP contribution in [0.2, 0.25) is 0 Å². The van der Waals surface area contributed by atoms with Crippen LogP contribution in [0.1, 0.15) is 17.3 Å². The Labute approximate surface area is 116 Å². The van der Waals surface area contributed by atoms with Crippen molar-refractivity contribution >= 4 is 11.9 Å². The molecule has 1 saturated heterocycles. The molecule has 0 spiro atoms. The van der Waals surface area contributed by atoms with Crippen LogP contribution < -0.4 is 4.74 Å². The largest absolute Gasteiger partial charge is 0.494 e. The van der Waals surface area contributed by atoms with Gasteiger partial charge in [-0.25, -0.2) is 4.39 Å². The van der Waals surface area contributed by atoms with Gasteiger partial charge in [0.15, 0.2) is 11.6 Å². The molecule has 2 rings (SSSR count). The lowest BCUT2D eigenvalue weighted by Crippen LogP contribution is -2.30. The monoisotopic (exact) mass is 281 g/mol. The van der Waals surface area contributed by atoms with Gasteiger partial charge in [0, 0.05) is 13.1 Å². The Kier molecular flexibility index (Phi) is 3.92. The van der Waals surface area contributed by atoms with Crippen LogP contribution in [0.4, 0.5) is 4.39 Å². The van der Waals surface area contributed by atoms with Crippen molar-refractivity contribution in [2.45, 2.75) is 6.92 Å². The molecule has 20 heavy (non-hydrogen) atoms. The third-order valence-corrected chi connectivity index (χ3v) is 3.63. The molecule has 0 aromatic heterocycles. The van der Waals surface area contributed by atoms with Crippen molar-refractivity contribution in [3.05, 3.63) is 29.6 Å². The van der Waals surface area contributed by atoms with Gasteiger partial charge in [0.25, 0.3) is 5.91 Å². The summed E-state index contributed by atoms with van der Waals surface area (Å²) in [5, 5.41) is 9.06. The predicted molar refractivity (Wildman–Crippen MR) is 69.1 cm³/mol. The number of nitrogens with zero attached hydrogens (tertiary/aromatic N) is 1. The van der Waals surface area contributed by atoms with Crippen molar-refractivity contribution in [1.82, 2.24) is 4.90 Å². The van der Waals surface area contributed by atoms with E-state index in [0.29, 0.717) is 6.54 Å². The van der Waals surface area contributed by atoms with Gasteiger partial charge in [0.1, 0.15) is 0 Å². The van der Waals surface area contributed by atoms with Gasteiger partial charge in [0.2, 0.25) is 0 Å². The lowest BCUT2D eigenvalue weighted by atomic mass is 9.99. The van der Waals surface area contributed by atoms with Crippen molar-refractivity contribution in [2.75, 3.05) is 20.2 Å². The fourth-order valence-corrected chi connectivity index (χ4v) is 2.46. The van der Waals surface area contributed by atoms with Crippen LogP contribution >= 0.6 is 0 Å². The minimum atomic E-state index is -0.932. The number of carbonyl (C=O) groups is 2. The highest BCUT2D eigenvalue weighted by molar-refractivity contribution is 5.95. The second-order valence-electron chi connectivity index (χ2n) is 4.95. The van der Waals surface area contributed by atoms with Gasteiger partial charge in [-0.05, 0) is 18.1 Å². The molecule has 2 atom stereocenters. The maximum Gasteiger partial charge on any atom is 0.308 e. The highest BCUT2D eigenvalue weighted by Crippen LogP contribution is 2.27. The summed E-state index contributed by atoms with van der Waals surface area (Å²) in [6.07, 6.45) is 0. The molecule has 1 heterocycles. The van der Waals surface area contributed by atoms with Crippen molar-refractivity contribution in [2.24, 2.45) is 11.8 Å². The number of carboxylic acids is 1. The fourth-order valence-electron chi connectivity index (χ4n) is 2.46. The molecule has 5 nitrogen and oxygen atoms in total. The number of hydrogen-bond acceptors (Lipinski definition) is 3. The third-order valence-electron chi connectivity index (χ3n) is 3.63. The Morgan fingerprint density at radius 2 is 2.10 bits per heavy atom. The molecule has 1 aliphatic rings. The second kappa shape index (κ2) is 5.48. The molecular formula is C14H16FNO4. The zero-order chi connectivity index (χ0) is 14.9. The summed E-state index contributed by atoms with van der Waals surface area (Å²) >= 11 is 0. The summed E-state index contributed by atoms with van der Waals surface area (Å²) in [4.78, 5) is 24.7. The van der Waals surface area contributed by atoms with Gasteiger partial charge in [-0.1, -0.05) is 13.0 Å². The van der Waals surface area contributed by atoms with Crippen molar-refractivity contribution < 1.29 is 23.8 Å². The van der Waals surface area contributed by atoms with E-state index in [2.05, 4.69) is 0 Å². The fraction of sp³-hybridized carbons (Fsp3) is 0.429. The molecule has 1 amide bonds. The van der Waals surface area contributed by atoms with Crippen LogP contribution in [0, 0.1) is 17.7 Å². The van der Waals surface area contributed by atoms with Gasteiger partial charge in [-0.15, -0.1) is 0 Å². The molecule has 1 aromatic rings. The highest BCUT2D eigenvalue weighted by atomic mass is 19.1. The highest BCUT2D eigenvalue weighted by Gasteiger charge is 2.37. The van der Waals surface area contributed by atoms with E-state index in [1.165, 1.54) is 30.2 Å². The minimum absolute atomic E-state index is 0.00196. The standard InChI is InChI=1S/C14H16FNO4/c1-8-6-16(7-10(8)14(18)19)13(17)9-4-3-5-11(20-2)12(9)15/h3-5,8,10H,6-7H2,1-2H3,(H,18,19)/t8-,10-/m1/s1. The molecule has 0 unspecified atom stereocenters. The molecule has 6 heteroatoms. The van der Waals surface area contributed by atoms with Crippen molar-refractivity contribution in [3.63, 3.8) is 0 Å². The van der Waals surface area contributed by atoms with Crippen LogP contribution in [-0.2, 0) is 4.79 Å². The normalized spacial score (nSPS) is 21.9. The maximum atomic E-state index is 14.0. The smallest absolute Gasteiger partial charge is 0.308 e. The van der Waals surface area contributed by atoms with E-state index in [9.17, 15) is 14.0 Å². The number of methoxy groups -OCH3 is 1. The number of carboxylic acid groups (broad SMARTS) is 1. The molecule has 0 aliphatic carbocycles. The van der Waals surface area contributed by atoms with Gasteiger partial charge in [-0.2, -0.15) is 0 Å². The maximum absolute atomic E-state index is 14.0. The van der Waals surface area contributed by atoms with Gasteiger partial charge < -0.3 is 14.7 Å². The van der Waals surface area contributed by atoms with Crippen LogP contribution in [0.25, 0.3) is 0 Å². The van der Waals surface area contributed by atoms with Gasteiger partial charge in [0.05, 0.1) is 18.6 Å². The van der Waals surface area contributed by atoms with Crippen LogP contribution in [-0.4, -0.2) is 42.1 Å². The molecule has 1 fully saturated rings. The molecule has 0 bridgehead atoms. The summed E-state index contributed by atoms with van der Waals surface area (Å²) in [7, 11) is 1.32. The van der Waals surface area contributed by atoms with Crippen molar-refractivity contribution in [3.8, 4) is 5.75 Å². The second-order valence-corrected chi connectivity index (χ2v) is 4.95. The van der Waals surface area contributed by atoms with Gasteiger partial charge in [-0.3, -0.25) is 9.59 Å².